The smallest absolute Gasteiger partial charge is 0.341 e. The SMILES string of the molecule is COC(=O)c1c(NC(=S)N2CC(C)CC(C)C2)sc2c1CCC(C)C2. The number of thiophene rings is 1. The Morgan fingerprint density at radius 2 is 1.92 bits per heavy atom. The number of nitrogens with one attached hydrogen (secondary N) is 1. The molecule has 0 aromatic carbocycles. The lowest BCUT2D eigenvalue weighted by Crippen LogP contribution is -2.44. The first-order chi connectivity index (χ1) is 11.9. The highest BCUT2D eigenvalue weighted by molar-refractivity contribution is 7.80. The molecule has 0 amide bonds. The van der Waals surface area contributed by atoms with Crippen LogP contribution in [0.4, 0.5) is 5.00 Å². The predicted molar refractivity (Wildman–Crippen MR) is 108 cm³/mol. The number of ether oxygens (including phenoxy) is 1. The molecule has 1 aromatic heterocycles. The molecule has 138 valence electrons. The number of fused-ring (bicyclic) bond motifs is 1. The first kappa shape index (κ1) is 18.6. The summed E-state index contributed by atoms with van der Waals surface area (Å²) in [5.41, 5.74) is 1.87. The number of rotatable bonds is 2. The van der Waals surface area contributed by atoms with Crippen LogP contribution < -0.4 is 5.32 Å². The number of anilines is 1. The van der Waals surface area contributed by atoms with E-state index in [9.17, 15) is 4.79 Å². The number of hydrogen-bond donors (Lipinski definition) is 1. The fourth-order valence-corrected chi connectivity index (χ4v) is 5.88. The molecule has 6 heteroatoms. The second kappa shape index (κ2) is 7.62. The first-order valence-corrected chi connectivity index (χ1v) is 10.4. The van der Waals surface area contributed by atoms with Crippen molar-refractivity contribution in [1.29, 1.82) is 0 Å². The number of methoxy groups -OCH3 is 1. The summed E-state index contributed by atoms with van der Waals surface area (Å²) in [5.74, 6) is 1.69. The van der Waals surface area contributed by atoms with Crippen LogP contribution in [0.1, 0.15) is 54.4 Å². The molecule has 1 saturated heterocycles. The number of thiocarbonyl (C=S) groups is 1. The maximum absolute atomic E-state index is 12.4. The standard InChI is InChI=1S/C19H28N2O2S2/c1-11-5-6-14-15(8-11)25-17(16(14)18(22)23-4)20-19(24)21-9-12(2)7-13(3)10-21/h11-13H,5-10H2,1-4H3,(H,20,24). The highest BCUT2D eigenvalue weighted by atomic mass is 32.1. The van der Waals surface area contributed by atoms with E-state index in [1.54, 1.807) is 11.3 Å². The molecule has 1 aliphatic carbocycles. The van der Waals surface area contributed by atoms with E-state index in [-0.39, 0.29) is 5.97 Å². The van der Waals surface area contributed by atoms with Crippen LogP contribution in [0.15, 0.2) is 0 Å². The van der Waals surface area contributed by atoms with Gasteiger partial charge in [-0.1, -0.05) is 20.8 Å². The van der Waals surface area contributed by atoms with Crippen LogP contribution in [0.25, 0.3) is 0 Å². The van der Waals surface area contributed by atoms with Crippen molar-refractivity contribution >= 4 is 39.6 Å². The van der Waals surface area contributed by atoms with Crippen molar-refractivity contribution in [2.45, 2.75) is 46.5 Å². The quantitative estimate of drug-likeness (QED) is 0.611. The molecule has 1 aliphatic heterocycles. The second-order valence-corrected chi connectivity index (χ2v) is 9.32. The van der Waals surface area contributed by atoms with Gasteiger partial charge in [-0.2, -0.15) is 0 Å². The van der Waals surface area contributed by atoms with Crippen LogP contribution in [0.2, 0.25) is 0 Å². The largest absolute Gasteiger partial charge is 0.465 e. The van der Waals surface area contributed by atoms with Gasteiger partial charge < -0.3 is 15.0 Å². The fourth-order valence-electron chi connectivity index (χ4n) is 4.16. The average Bonchev–Trinajstić information content (AvgIpc) is 2.90. The van der Waals surface area contributed by atoms with Crippen molar-refractivity contribution in [2.75, 3.05) is 25.5 Å². The van der Waals surface area contributed by atoms with Crippen LogP contribution in [0, 0.1) is 17.8 Å². The van der Waals surface area contributed by atoms with E-state index in [1.165, 1.54) is 24.0 Å². The molecule has 0 spiro atoms. The molecule has 1 fully saturated rings. The number of piperidine rings is 1. The van der Waals surface area contributed by atoms with E-state index >= 15 is 0 Å². The Morgan fingerprint density at radius 3 is 2.56 bits per heavy atom. The van der Waals surface area contributed by atoms with Gasteiger partial charge in [0.25, 0.3) is 0 Å². The number of carbonyl (C=O) groups is 1. The molecule has 0 saturated carbocycles. The molecule has 0 radical (unpaired) electrons. The van der Waals surface area contributed by atoms with Crippen LogP contribution in [-0.4, -0.2) is 36.2 Å². The lowest BCUT2D eigenvalue weighted by molar-refractivity contribution is 0.0601. The van der Waals surface area contributed by atoms with Crippen molar-refractivity contribution in [1.82, 2.24) is 4.90 Å². The van der Waals surface area contributed by atoms with Gasteiger partial charge in [0.1, 0.15) is 5.00 Å². The molecule has 25 heavy (non-hydrogen) atoms. The first-order valence-electron chi connectivity index (χ1n) is 9.17. The topological polar surface area (TPSA) is 41.6 Å². The number of hydrogen-bond acceptors (Lipinski definition) is 4. The minimum atomic E-state index is -0.252. The number of carbonyl (C=O) groups excluding carboxylic acids is 1. The monoisotopic (exact) mass is 380 g/mol. The number of nitrogens with zero attached hydrogens (tertiary/aromatic N) is 1. The van der Waals surface area contributed by atoms with Crippen LogP contribution in [0.5, 0.6) is 0 Å². The molecule has 1 N–H and O–H groups in total. The maximum Gasteiger partial charge on any atom is 0.341 e. The normalized spacial score (nSPS) is 26.1. The summed E-state index contributed by atoms with van der Waals surface area (Å²) in [7, 11) is 1.45. The lowest BCUT2D eigenvalue weighted by atomic mass is 9.88. The summed E-state index contributed by atoms with van der Waals surface area (Å²) >= 11 is 7.35. The average molecular weight is 381 g/mol. The van der Waals surface area contributed by atoms with E-state index < -0.39 is 0 Å². The van der Waals surface area contributed by atoms with Gasteiger partial charge in [0.2, 0.25) is 0 Å². The van der Waals surface area contributed by atoms with Crippen molar-refractivity contribution < 1.29 is 9.53 Å². The van der Waals surface area contributed by atoms with E-state index in [4.69, 9.17) is 17.0 Å². The van der Waals surface area contributed by atoms with Gasteiger partial charge in [-0.25, -0.2) is 4.79 Å². The highest BCUT2D eigenvalue weighted by Crippen LogP contribution is 2.40. The van der Waals surface area contributed by atoms with Crippen LogP contribution >= 0.6 is 23.6 Å². The zero-order chi connectivity index (χ0) is 18.1. The third-order valence-corrected chi connectivity index (χ3v) is 6.81. The summed E-state index contributed by atoms with van der Waals surface area (Å²) in [6.45, 7) is 8.78. The van der Waals surface area contributed by atoms with Gasteiger partial charge in [-0.05, 0) is 61.2 Å². The van der Waals surface area contributed by atoms with E-state index in [0.29, 0.717) is 23.3 Å². The molecular weight excluding hydrogens is 352 g/mol. The molecule has 3 unspecified atom stereocenters. The zero-order valence-corrected chi connectivity index (χ0v) is 17.2. The van der Waals surface area contributed by atoms with Crippen molar-refractivity contribution in [3.63, 3.8) is 0 Å². The molecule has 2 heterocycles. The van der Waals surface area contributed by atoms with E-state index in [0.717, 1.165) is 42.5 Å². The molecular formula is C19H28N2O2S2. The summed E-state index contributed by atoms with van der Waals surface area (Å²) in [4.78, 5) is 16.0. The third-order valence-electron chi connectivity index (χ3n) is 5.28. The predicted octanol–water partition coefficient (Wildman–Crippen LogP) is 4.33. The fraction of sp³-hybridized carbons (Fsp3) is 0.684. The van der Waals surface area contributed by atoms with Gasteiger partial charge >= 0.3 is 5.97 Å². The maximum atomic E-state index is 12.4. The molecule has 1 aromatic rings. The minimum absolute atomic E-state index is 0.252. The second-order valence-electron chi connectivity index (χ2n) is 7.83. The Labute approximate surface area is 159 Å². The van der Waals surface area contributed by atoms with Gasteiger partial charge in [0.15, 0.2) is 5.11 Å². The lowest BCUT2D eigenvalue weighted by Gasteiger charge is -2.36. The van der Waals surface area contributed by atoms with E-state index in [1.807, 2.05) is 0 Å². The number of esters is 1. The Kier molecular flexibility index (Phi) is 5.68. The third kappa shape index (κ3) is 4.00. The van der Waals surface area contributed by atoms with Crippen molar-refractivity contribution in [3.05, 3.63) is 16.0 Å². The van der Waals surface area contributed by atoms with E-state index in [2.05, 4.69) is 31.0 Å². The van der Waals surface area contributed by atoms with Gasteiger partial charge in [0.05, 0.1) is 12.7 Å². The molecule has 3 rings (SSSR count). The van der Waals surface area contributed by atoms with Gasteiger partial charge in [0, 0.05) is 18.0 Å². The molecule has 3 atom stereocenters. The van der Waals surface area contributed by atoms with Crippen molar-refractivity contribution in [2.24, 2.45) is 17.8 Å². The minimum Gasteiger partial charge on any atom is -0.465 e. The van der Waals surface area contributed by atoms with Crippen molar-refractivity contribution in [3.8, 4) is 0 Å². The Balaban J connectivity index is 1.84. The Hall–Kier alpha value is -1.14. The Bertz CT molecular complexity index is 661. The summed E-state index contributed by atoms with van der Waals surface area (Å²) in [6, 6.07) is 0. The summed E-state index contributed by atoms with van der Waals surface area (Å²) < 4.78 is 5.06. The Morgan fingerprint density at radius 1 is 1.24 bits per heavy atom. The molecule has 2 aliphatic rings. The zero-order valence-electron chi connectivity index (χ0n) is 15.6. The van der Waals surface area contributed by atoms with Gasteiger partial charge in [-0.15, -0.1) is 11.3 Å². The molecule has 4 nitrogen and oxygen atoms in total. The van der Waals surface area contributed by atoms with Crippen LogP contribution in [0.3, 0.4) is 0 Å². The number of likely N-dealkylation sites (tertiary alicyclic amines) is 1. The highest BCUT2D eigenvalue weighted by Gasteiger charge is 2.30. The summed E-state index contributed by atoms with van der Waals surface area (Å²) in [6.07, 6.45) is 4.36. The van der Waals surface area contributed by atoms with Gasteiger partial charge in [-0.3, -0.25) is 0 Å². The molecule has 0 bridgehead atoms. The van der Waals surface area contributed by atoms with Crippen LogP contribution in [-0.2, 0) is 17.6 Å². The summed E-state index contributed by atoms with van der Waals surface area (Å²) in [5, 5.41) is 4.98.